The third-order valence-corrected chi connectivity index (χ3v) is 8.29. The van der Waals surface area contributed by atoms with Gasteiger partial charge in [-0.25, -0.2) is 19.2 Å². The molecule has 204 valence electrons. The van der Waals surface area contributed by atoms with Gasteiger partial charge in [0.15, 0.2) is 0 Å². The normalized spacial score (nSPS) is 17.3. The highest BCUT2D eigenvalue weighted by Gasteiger charge is 2.25. The number of carboxylic acid groups (broad SMARTS) is 1. The summed E-state index contributed by atoms with van der Waals surface area (Å²) in [6.45, 7) is 3.63. The molecule has 3 aromatic heterocycles. The molecule has 0 radical (unpaired) electrons. The van der Waals surface area contributed by atoms with Gasteiger partial charge in [-0.1, -0.05) is 18.2 Å². The van der Waals surface area contributed by atoms with Crippen LogP contribution in [0.5, 0.6) is 5.88 Å². The molecule has 2 aliphatic rings. The van der Waals surface area contributed by atoms with Gasteiger partial charge in [0.05, 0.1) is 36.5 Å². The Hall–Kier alpha value is -4.11. The average molecular weight is 560 g/mol. The van der Waals surface area contributed by atoms with E-state index in [4.69, 9.17) is 19.7 Å². The first-order valence-corrected chi connectivity index (χ1v) is 13.8. The maximum Gasteiger partial charge on any atom is 0.346 e. The predicted molar refractivity (Wildman–Crippen MR) is 146 cm³/mol. The number of hydrogen-bond acceptors (Lipinski definition) is 8. The van der Waals surface area contributed by atoms with Gasteiger partial charge in [-0.2, -0.15) is 5.26 Å². The molecule has 0 unspecified atom stereocenters. The van der Waals surface area contributed by atoms with Gasteiger partial charge >= 0.3 is 5.97 Å². The van der Waals surface area contributed by atoms with Crippen molar-refractivity contribution >= 4 is 33.2 Å². The standard InChI is InChI=1S/C29H26FN5O4S/c30-22-12-18(14-31)4-5-20(22)17-39-27-3-1-2-23(33-27)19-6-9-34(10-7-19)16-26-32-24-13-25(29(36)37)40-28(24)35(26)15-21-8-11-38-21/h1-6,12-13,21H,7-11,15-17H2,(H,36,37)/t21-/m0/s1. The van der Waals surface area contributed by atoms with E-state index >= 15 is 0 Å². The van der Waals surface area contributed by atoms with Crippen LogP contribution >= 0.6 is 11.3 Å². The second-order valence-corrected chi connectivity index (χ2v) is 10.8. The quantitative estimate of drug-likeness (QED) is 0.309. The van der Waals surface area contributed by atoms with Crippen molar-refractivity contribution in [1.82, 2.24) is 19.4 Å². The molecule has 1 saturated heterocycles. The monoisotopic (exact) mass is 559 g/mol. The van der Waals surface area contributed by atoms with E-state index in [1.807, 2.05) is 18.2 Å². The van der Waals surface area contributed by atoms with Gasteiger partial charge < -0.3 is 19.1 Å². The van der Waals surface area contributed by atoms with Crippen LogP contribution in [-0.4, -0.2) is 56.3 Å². The molecule has 0 amide bonds. The summed E-state index contributed by atoms with van der Waals surface area (Å²) in [5, 5.41) is 18.3. The molecular weight excluding hydrogens is 533 g/mol. The molecule has 9 nitrogen and oxygen atoms in total. The van der Waals surface area contributed by atoms with Crippen molar-refractivity contribution in [3.63, 3.8) is 0 Å². The van der Waals surface area contributed by atoms with E-state index in [2.05, 4.69) is 20.5 Å². The van der Waals surface area contributed by atoms with Gasteiger partial charge in [0.25, 0.3) is 0 Å². The zero-order chi connectivity index (χ0) is 27.6. The van der Waals surface area contributed by atoms with Crippen molar-refractivity contribution in [2.24, 2.45) is 0 Å². The van der Waals surface area contributed by atoms with Gasteiger partial charge in [0.1, 0.15) is 33.5 Å². The Morgan fingerprint density at radius 3 is 2.85 bits per heavy atom. The lowest BCUT2D eigenvalue weighted by Gasteiger charge is -2.29. The molecule has 0 saturated carbocycles. The minimum Gasteiger partial charge on any atom is -0.477 e. The summed E-state index contributed by atoms with van der Waals surface area (Å²) in [5.41, 5.74) is 3.28. The van der Waals surface area contributed by atoms with Gasteiger partial charge in [-0.15, -0.1) is 11.3 Å². The summed E-state index contributed by atoms with van der Waals surface area (Å²) < 4.78 is 27.7. The molecule has 1 aromatic carbocycles. The number of thiophene rings is 1. The number of aromatic carboxylic acids is 1. The maximum atomic E-state index is 14.2. The number of benzene rings is 1. The number of nitrogens with zero attached hydrogens (tertiary/aromatic N) is 5. The minimum atomic E-state index is -0.936. The number of nitriles is 1. The summed E-state index contributed by atoms with van der Waals surface area (Å²) in [5.74, 6) is -0.0952. The SMILES string of the molecule is N#Cc1ccc(COc2cccc(C3=CCN(Cc4nc5cc(C(=O)O)sc5n4C[C@@H]4CCO4)CC3)n2)c(F)c1. The molecule has 5 heterocycles. The first-order valence-electron chi connectivity index (χ1n) is 13.0. The molecule has 0 spiro atoms. The Morgan fingerprint density at radius 1 is 1.27 bits per heavy atom. The lowest BCUT2D eigenvalue weighted by atomic mass is 10.0. The first-order chi connectivity index (χ1) is 19.5. The Morgan fingerprint density at radius 2 is 2.15 bits per heavy atom. The minimum absolute atomic E-state index is 0.0186. The molecule has 1 N–H and O–H groups in total. The zero-order valence-corrected chi connectivity index (χ0v) is 22.4. The molecule has 0 bridgehead atoms. The number of rotatable bonds is 9. The highest BCUT2D eigenvalue weighted by atomic mass is 32.1. The van der Waals surface area contributed by atoms with Crippen molar-refractivity contribution in [1.29, 1.82) is 5.26 Å². The highest BCUT2D eigenvalue weighted by molar-refractivity contribution is 7.20. The maximum absolute atomic E-state index is 14.2. The van der Waals surface area contributed by atoms with Crippen molar-refractivity contribution in [2.45, 2.75) is 38.6 Å². The molecule has 1 atom stereocenters. The van der Waals surface area contributed by atoms with E-state index in [0.717, 1.165) is 54.5 Å². The summed E-state index contributed by atoms with van der Waals surface area (Å²) >= 11 is 1.26. The molecule has 0 aliphatic carbocycles. The van der Waals surface area contributed by atoms with Crippen LogP contribution in [0, 0.1) is 17.1 Å². The van der Waals surface area contributed by atoms with Crippen LogP contribution in [0.25, 0.3) is 15.9 Å². The van der Waals surface area contributed by atoms with Crippen LogP contribution in [0.15, 0.2) is 48.5 Å². The van der Waals surface area contributed by atoms with Crippen LogP contribution in [0.4, 0.5) is 4.39 Å². The van der Waals surface area contributed by atoms with Gasteiger partial charge in [0, 0.05) is 31.3 Å². The third kappa shape index (κ3) is 5.47. The van der Waals surface area contributed by atoms with Crippen LogP contribution in [-0.2, 0) is 24.4 Å². The van der Waals surface area contributed by atoms with Gasteiger partial charge in [-0.05, 0) is 42.7 Å². The number of imidazole rings is 1. The van der Waals surface area contributed by atoms with E-state index in [1.165, 1.54) is 17.4 Å². The van der Waals surface area contributed by atoms with Gasteiger partial charge in [-0.3, -0.25) is 4.90 Å². The van der Waals surface area contributed by atoms with E-state index in [1.54, 1.807) is 24.3 Å². The Labute approximate surface area is 233 Å². The third-order valence-electron chi connectivity index (χ3n) is 7.16. The highest BCUT2D eigenvalue weighted by Crippen LogP contribution is 2.30. The van der Waals surface area contributed by atoms with E-state index in [9.17, 15) is 14.3 Å². The summed E-state index contributed by atoms with van der Waals surface area (Å²) in [6.07, 6.45) is 4.08. The largest absolute Gasteiger partial charge is 0.477 e. The van der Waals surface area contributed by atoms with Crippen LogP contribution in [0.1, 0.15) is 45.2 Å². The first kappa shape index (κ1) is 26.1. The topological polar surface area (TPSA) is 114 Å². The van der Waals surface area contributed by atoms with Crippen LogP contribution < -0.4 is 4.74 Å². The van der Waals surface area contributed by atoms with Crippen LogP contribution in [0.2, 0.25) is 0 Å². The number of hydrogen-bond donors (Lipinski definition) is 1. The smallest absolute Gasteiger partial charge is 0.346 e. The number of pyridine rings is 1. The Balaban J connectivity index is 1.12. The molecule has 11 heteroatoms. The van der Waals surface area contributed by atoms with Gasteiger partial charge in [0.2, 0.25) is 5.88 Å². The van der Waals surface area contributed by atoms with Crippen molar-refractivity contribution < 1.29 is 23.8 Å². The zero-order valence-electron chi connectivity index (χ0n) is 21.5. The average Bonchev–Trinajstić information content (AvgIpc) is 3.49. The van der Waals surface area contributed by atoms with Crippen LogP contribution in [0.3, 0.4) is 0 Å². The van der Waals surface area contributed by atoms with E-state index < -0.39 is 11.8 Å². The lowest BCUT2D eigenvalue weighted by Crippen LogP contribution is -2.33. The summed E-state index contributed by atoms with van der Waals surface area (Å²) in [4.78, 5) is 24.4. The molecule has 40 heavy (non-hydrogen) atoms. The number of carbonyl (C=O) groups is 1. The lowest BCUT2D eigenvalue weighted by molar-refractivity contribution is -0.0591. The Bertz CT molecular complexity index is 1650. The number of halogens is 1. The van der Waals surface area contributed by atoms with Crippen molar-refractivity contribution in [3.8, 4) is 11.9 Å². The van der Waals surface area contributed by atoms with Crippen molar-refractivity contribution in [2.75, 3.05) is 19.7 Å². The molecular formula is C29H26FN5O4S. The fourth-order valence-corrected chi connectivity index (χ4v) is 5.82. The van der Waals surface area contributed by atoms with Crippen molar-refractivity contribution in [3.05, 3.63) is 81.9 Å². The summed E-state index contributed by atoms with van der Waals surface area (Å²) in [7, 11) is 0. The fraction of sp³-hybridized carbons (Fsp3) is 0.310. The number of ether oxygens (including phenoxy) is 2. The van der Waals surface area contributed by atoms with E-state index in [-0.39, 0.29) is 18.3 Å². The second kappa shape index (κ2) is 11.2. The molecule has 4 aromatic rings. The Kier molecular flexibility index (Phi) is 7.30. The summed E-state index contributed by atoms with van der Waals surface area (Å²) in [6, 6.07) is 13.4. The molecule has 6 rings (SSSR count). The second-order valence-electron chi connectivity index (χ2n) is 9.81. The predicted octanol–water partition coefficient (Wildman–Crippen LogP) is 4.86. The number of carboxylic acids is 1. The molecule has 2 aliphatic heterocycles. The fourth-order valence-electron chi connectivity index (χ4n) is 4.86. The number of aromatic nitrogens is 3. The molecule has 1 fully saturated rings. The van der Waals surface area contributed by atoms with E-state index in [0.29, 0.717) is 34.9 Å². The number of fused-ring (bicyclic) bond motifs is 1.